The Kier molecular flexibility index (Phi) is 4.86. The Hall–Kier alpha value is -0.570. The van der Waals surface area contributed by atoms with Crippen molar-refractivity contribution in [2.75, 3.05) is 0 Å². The summed E-state index contributed by atoms with van der Waals surface area (Å²) in [6.45, 7) is 3.74. The number of hydrogen-bond donors (Lipinski definition) is 2. The average Bonchev–Trinajstić information content (AvgIpc) is 1.87. The number of hydrogen-bond acceptors (Lipinski definition) is 2. The molecule has 0 aliphatic carbocycles. The minimum atomic E-state index is -0.373. The summed E-state index contributed by atoms with van der Waals surface area (Å²) in [5.41, 5.74) is 5.03. The summed E-state index contributed by atoms with van der Waals surface area (Å²) in [5.74, 6) is -0.545. The van der Waals surface area contributed by atoms with E-state index in [1.54, 1.807) is 6.92 Å². The summed E-state index contributed by atoms with van der Waals surface area (Å²) in [4.78, 5) is 10.6. The molecule has 0 aromatic heterocycles. The summed E-state index contributed by atoms with van der Waals surface area (Å²) in [6, 6.07) is 0. The van der Waals surface area contributed by atoms with Gasteiger partial charge in [-0.2, -0.15) is 0 Å². The lowest BCUT2D eigenvalue weighted by molar-refractivity contribution is -0.122. The predicted molar refractivity (Wildman–Crippen MR) is 43.9 cm³/mol. The van der Waals surface area contributed by atoms with Crippen molar-refractivity contribution >= 4 is 5.91 Å². The van der Waals surface area contributed by atoms with E-state index in [2.05, 4.69) is 0 Å². The van der Waals surface area contributed by atoms with Crippen LogP contribution in [0.25, 0.3) is 0 Å². The maximum atomic E-state index is 10.6. The molecule has 3 heteroatoms. The molecule has 0 aromatic carbocycles. The minimum absolute atomic E-state index is 0.212. The molecule has 0 bridgehead atoms. The van der Waals surface area contributed by atoms with Gasteiger partial charge in [0.25, 0.3) is 0 Å². The number of carbonyl (C=O) groups is 1. The zero-order chi connectivity index (χ0) is 8.85. The number of carbonyl (C=O) groups excluding carboxylic acids is 1. The maximum Gasteiger partial charge on any atom is 0.220 e. The van der Waals surface area contributed by atoms with Gasteiger partial charge in [-0.25, -0.2) is 0 Å². The highest BCUT2D eigenvalue weighted by molar-refractivity contribution is 5.76. The molecular formula is C8H17NO2. The Labute approximate surface area is 67.6 Å². The number of rotatable bonds is 5. The SMILES string of the molecule is CCCC(O)CC(C)C(N)=O. The molecule has 66 valence electrons. The third-order valence-corrected chi connectivity index (χ3v) is 1.73. The van der Waals surface area contributed by atoms with Crippen LogP contribution in [-0.4, -0.2) is 17.1 Å². The number of aliphatic hydroxyl groups excluding tert-OH is 1. The molecule has 1 amide bonds. The van der Waals surface area contributed by atoms with E-state index in [-0.39, 0.29) is 17.9 Å². The summed E-state index contributed by atoms with van der Waals surface area (Å²) in [5, 5.41) is 9.26. The third kappa shape index (κ3) is 4.79. The van der Waals surface area contributed by atoms with Crippen molar-refractivity contribution in [3.63, 3.8) is 0 Å². The first-order valence-electron chi connectivity index (χ1n) is 4.05. The lowest BCUT2D eigenvalue weighted by Crippen LogP contribution is -2.24. The number of aliphatic hydroxyl groups is 1. The number of amides is 1. The minimum Gasteiger partial charge on any atom is -0.393 e. The summed E-state index contributed by atoms with van der Waals surface area (Å²) >= 11 is 0. The van der Waals surface area contributed by atoms with E-state index in [0.29, 0.717) is 6.42 Å². The van der Waals surface area contributed by atoms with E-state index in [0.717, 1.165) is 12.8 Å². The second-order valence-corrected chi connectivity index (χ2v) is 2.98. The van der Waals surface area contributed by atoms with Gasteiger partial charge in [-0.1, -0.05) is 20.3 Å². The molecular weight excluding hydrogens is 142 g/mol. The van der Waals surface area contributed by atoms with Crippen LogP contribution in [0.15, 0.2) is 0 Å². The Morgan fingerprint density at radius 1 is 1.64 bits per heavy atom. The molecule has 0 radical (unpaired) electrons. The van der Waals surface area contributed by atoms with Crippen molar-refractivity contribution in [3.8, 4) is 0 Å². The van der Waals surface area contributed by atoms with Crippen LogP contribution in [0.1, 0.15) is 33.1 Å². The van der Waals surface area contributed by atoms with Crippen LogP contribution in [0.2, 0.25) is 0 Å². The molecule has 3 N–H and O–H groups in total. The first-order chi connectivity index (χ1) is 5.07. The van der Waals surface area contributed by atoms with E-state index in [1.165, 1.54) is 0 Å². The van der Waals surface area contributed by atoms with Gasteiger partial charge in [0.1, 0.15) is 0 Å². The lowest BCUT2D eigenvalue weighted by atomic mass is 10.0. The molecule has 11 heavy (non-hydrogen) atoms. The third-order valence-electron chi connectivity index (χ3n) is 1.73. The van der Waals surface area contributed by atoms with Crippen molar-refractivity contribution in [2.45, 2.75) is 39.2 Å². The zero-order valence-electron chi connectivity index (χ0n) is 7.21. The fraction of sp³-hybridized carbons (Fsp3) is 0.875. The molecule has 2 atom stereocenters. The van der Waals surface area contributed by atoms with Crippen LogP contribution in [0.5, 0.6) is 0 Å². The molecule has 0 aliphatic heterocycles. The second kappa shape index (κ2) is 5.13. The molecule has 0 heterocycles. The summed E-state index contributed by atoms with van der Waals surface area (Å²) in [6.07, 6.45) is 1.80. The Morgan fingerprint density at radius 3 is 2.55 bits per heavy atom. The van der Waals surface area contributed by atoms with E-state index in [4.69, 9.17) is 5.73 Å². The van der Waals surface area contributed by atoms with Crippen molar-refractivity contribution < 1.29 is 9.90 Å². The average molecular weight is 159 g/mol. The van der Waals surface area contributed by atoms with E-state index >= 15 is 0 Å². The number of nitrogens with two attached hydrogens (primary N) is 1. The second-order valence-electron chi connectivity index (χ2n) is 2.98. The Morgan fingerprint density at radius 2 is 2.18 bits per heavy atom. The standard InChI is InChI=1S/C8H17NO2/c1-3-4-7(10)5-6(2)8(9)11/h6-7,10H,3-5H2,1-2H3,(H2,9,11). The molecule has 0 rings (SSSR count). The lowest BCUT2D eigenvalue weighted by Gasteiger charge is -2.12. The highest BCUT2D eigenvalue weighted by Gasteiger charge is 2.13. The van der Waals surface area contributed by atoms with Gasteiger partial charge in [0.15, 0.2) is 0 Å². The number of primary amides is 1. The van der Waals surface area contributed by atoms with Crippen LogP contribution < -0.4 is 5.73 Å². The van der Waals surface area contributed by atoms with E-state index in [9.17, 15) is 9.90 Å². The van der Waals surface area contributed by atoms with Gasteiger partial charge in [-0.15, -0.1) is 0 Å². The van der Waals surface area contributed by atoms with Crippen molar-refractivity contribution in [1.29, 1.82) is 0 Å². The van der Waals surface area contributed by atoms with Crippen LogP contribution in [0, 0.1) is 5.92 Å². The van der Waals surface area contributed by atoms with Gasteiger partial charge >= 0.3 is 0 Å². The smallest absolute Gasteiger partial charge is 0.220 e. The van der Waals surface area contributed by atoms with Gasteiger partial charge in [0.2, 0.25) is 5.91 Å². The van der Waals surface area contributed by atoms with Gasteiger partial charge in [-0.05, 0) is 12.8 Å². The van der Waals surface area contributed by atoms with Crippen LogP contribution in [0.4, 0.5) is 0 Å². The zero-order valence-corrected chi connectivity index (χ0v) is 7.21. The van der Waals surface area contributed by atoms with Gasteiger partial charge in [0, 0.05) is 5.92 Å². The van der Waals surface area contributed by atoms with E-state index < -0.39 is 0 Å². The monoisotopic (exact) mass is 159 g/mol. The van der Waals surface area contributed by atoms with Crippen LogP contribution >= 0.6 is 0 Å². The molecule has 3 nitrogen and oxygen atoms in total. The molecule has 0 saturated carbocycles. The molecule has 0 spiro atoms. The summed E-state index contributed by atoms with van der Waals surface area (Å²) < 4.78 is 0. The normalized spacial score (nSPS) is 15.9. The van der Waals surface area contributed by atoms with Gasteiger partial charge < -0.3 is 10.8 Å². The van der Waals surface area contributed by atoms with Gasteiger partial charge in [0.05, 0.1) is 6.10 Å². The Bertz CT molecular complexity index is 125. The molecule has 0 aliphatic rings. The fourth-order valence-corrected chi connectivity index (χ4v) is 0.975. The largest absolute Gasteiger partial charge is 0.393 e. The first kappa shape index (κ1) is 10.4. The van der Waals surface area contributed by atoms with Crippen LogP contribution in [-0.2, 0) is 4.79 Å². The fourth-order valence-electron chi connectivity index (χ4n) is 0.975. The quantitative estimate of drug-likeness (QED) is 0.619. The Balaban J connectivity index is 3.56. The summed E-state index contributed by atoms with van der Waals surface area (Å²) in [7, 11) is 0. The maximum absolute atomic E-state index is 10.6. The topological polar surface area (TPSA) is 63.3 Å². The molecule has 0 fully saturated rings. The molecule has 0 saturated heterocycles. The van der Waals surface area contributed by atoms with Crippen molar-refractivity contribution in [1.82, 2.24) is 0 Å². The first-order valence-corrected chi connectivity index (χ1v) is 4.05. The van der Waals surface area contributed by atoms with Crippen LogP contribution in [0.3, 0.4) is 0 Å². The highest BCUT2D eigenvalue weighted by atomic mass is 16.3. The highest BCUT2D eigenvalue weighted by Crippen LogP contribution is 2.09. The van der Waals surface area contributed by atoms with Crippen molar-refractivity contribution in [2.24, 2.45) is 11.7 Å². The van der Waals surface area contributed by atoms with Gasteiger partial charge in [-0.3, -0.25) is 4.79 Å². The molecule has 2 unspecified atom stereocenters. The molecule has 0 aromatic rings. The van der Waals surface area contributed by atoms with Crippen molar-refractivity contribution in [3.05, 3.63) is 0 Å². The van der Waals surface area contributed by atoms with E-state index in [1.807, 2.05) is 6.92 Å². The predicted octanol–water partition coefficient (Wildman–Crippen LogP) is 0.659.